The molecule has 2 aromatic heterocycles. The van der Waals surface area contributed by atoms with Gasteiger partial charge in [-0.05, 0) is 35.1 Å². The molecule has 2 aromatic carbocycles. The van der Waals surface area contributed by atoms with Gasteiger partial charge < -0.3 is 58.8 Å². The number of aromatic amines is 2. The van der Waals surface area contributed by atoms with Gasteiger partial charge in [-0.25, -0.2) is 19.6 Å². The van der Waals surface area contributed by atoms with Crippen LogP contribution in [0.2, 0.25) is 0 Å². The number of rotatable bonds is 10. The summed E-state index contributed by atoms with van der Waals surface area (Å²) in [5, 5.41) is 5.18. The van der Waals surface area contributed by atoms with Gasteiger partial charge in [0, 0.05) is 35.1 Å². The van der Waals surface area contributed by atoms with Crippen LogP contribution in [0.5, 0.6) is 0 Å². The molecule has 0 bridgehead atoms. The average molecular weight is 953 g/mol. The Kier molecular flexibility index (Phi) is 12.1. The van der Waals surface area contributed by atoms with Crippen molar-refractivity contribution in [3.05, 3.63) is 71.6 Å². The maximum atomic E-state index is 16.4. The maximum Gasteiger partial charge on any atom is 0.407 e. The molecule has 4 saturated heterocycles. The number of nitrogens with one attached hydrogen (secondary N) is 4. The predicted molar refractivity (Wildman–Crippen MR) is 231 cm³/mol. The van der Waals surface area contributed by atoms with E-state index in [9.17, 15) is 19.2 Å². The number of carbonyl (C=O) groups excluding carboxylic acids is 4. The Morgan fingerprint density at radius 2 is 1.01 bits per heavy atom. The molecule has 4 N–H and O–H groups in total. The molecule has 18 nitrogen and oxygen atoms in total. The Hall–Kier alpha value is -6.10. The van der Waals surface area contributed by atoms with Crippen LogP contribution in [-0.4, -0.2) is 131 Å². The second-order valence-corrected chi connectivity index (χ2v) is 18.3. The highest BCUT2D eigenvalue weighted by atomic mass is 19.3. The van der Waals surface area contributed by atoms with Crippen molar-refractivity contribution in [2.75, 3.05) is 53.7 Å². The summed E-state index contributed by atoms with van der Waals surface area (Å²) in [7, 11) is 2.38. The fourth-order valence-corrected chi connectivity index (χ4v) is 9.85. The zero-order valence-corrected chi connectivity index (χ0v) is 38.1. The van der Waals surface area contributed by atoms with E-state index in [1.807, 2.05) is 0 Å². The van der Waals surface area contributed by atoms with E-state index in [2.05, 4.69) is 30.6 Å². The van der Waals surface area contributed by atoms with E-state index in [0.29, 0.717) is 26.4 Å². The number of alkyl carbamates (subject to hydrolysis) is 2. The fraction of sp³-hybridized carbons (Fsp3) is 0.522. The van der Waals surface area contributed by atoms with Crippen LogP contribution in [0.15, 0.2) is 48.8 Å². The van der Waals surface area contributed by atoms with Gasteiger partial charge in [-0.1, -0.05) is 52.0 Å². The summed E-state index contributed by atoms with van der Waals surface area (Å²) in [5.74, 6) is -12.7. The molecule has 4 atom stereocenters. The van der Waals surface area contributed by atoms with E-state index in [1.54, 1.807) is 27.7 Å². The largest absolute Gasteiger partial charge is 0.453 e. The molecule has 2 spiro atoms. The molecule has 5 aliphatic rings. The molecule has 0 unspecified atom stereocenters. The third-order valence-electron chi connectivity index (χ3n) is 13.4. The number of H-pyrrole nitrogens is 2. The Morgan fingerprint density at radius 1 is 0.647 bits per heavy atom. The second-order valence-electron chi connectivity index (χ2n) is 18.3. The summed E-state index contributed by atoms with van der Waals surface area (Å²) in [6, 6.07) is 4.32. The van der Waals surface area contributed by atoms with Gasteiger partial charge in [-0.3, -0.25) is 9.59 Å². The molecule has 22 heteroatoms. The molecule has 4 aliphatic heterocycles. The minimum absolute atomic E-state index is 0.0174. The average Bonchev–Trinajstić information content (AvgIpc) is 4.19. The first kappa shape index (κ1) is 47.0. The highest BCUT2D eigenvalue weighted by molar-refractivity contribution is 5.88. The van der Waals surface area contributed by atoms with Crippen molar-refractivity contribution in [3.63, 3.8) is 0 Å². The molecule has 9 rings (SSSR count). The number of likely N-dealkylation sites (tertiary alicyclic amines) is 2. The lowest BCUT2D eigenvalue weighted by Gasteiger charge is -2.35. The standard InChI is InChI=1S/C46H52F4N8O10/c1-23(2)35(55-41(61)63-5)39(59)57-21-43(65-11-12-66-43)17-33(57)37-51-19-31(53-37)25-7-9-27-28-10-8-26(16-30(28)46(49,50)45(47,48)29(27)15-25)32-20-52-38(54-32)34-18-44(67-13-14-68-44)22-58(34)40(60)36(24(3)4)56-42(62)64-6/h7-10,15-16,19-20,23-24,33-36H,11-14,17-18,21-22H2,1-6H3,(H,51,53)(H,52,54)(H,55,61)(H,56,62)/t33-,34-,35-,36-/m0/s1. The highest BCUT2D eigenvalue weighted by Gasteiger charge is 2.63. The SMILES string of the molecule is COC(=O)N[C@H](C(=O)N1CC2(C[C@H]1c1ncc(-c3ccc4c(c3)C(F)(F)C(F)(F)c3cc(-c5cnc([C@@H]6CC7(CN6C(=O)[C@@H](NC(=O)OC)C(C)C)OCCO7)[nH]5)ccc3-4)[nH]1)OCCO2)C(C)C. The molecule has 6 heterocycles. The number of imidazole rings is 2. The van der Waals surface area contributed by atoms with Gasteiger partial charge in [0.1, 0.15) is 23.7 Å². The summed E-state index contributed by atoms with van der Waals surface area (Å²) >= 11 is 0. The summed E-state index contributed by atoms with van der Waals surface area (Å²) in [6.45, 7) is 8.27. The first-order chi connectivity index (χ1) is 32.3. The highest BCUT2D eigenvalue weighted by Crippen LogP contribution is 2.59. The monoisotopic (exact) mass is 952 g/mol. The topological polar surface area (TPSA) is 212 Å². The minimum Gasteiger partial charge on any atom is -0.453 e. The number of nitrogens with zero attached hydrogens (tertiary/aromatic N) is 4. The van der Waals surface area contributed by atoms with E-state index in [0.717, 1.165) is 12.1 Å². The summed E-state index contributed by atoms with van der Waals surface area (Å²) in [4.78, 5) is 70.7. The lowest BCUT2D eigenvalue weighted by molar-refractivity contribution is -0.225. The number of aromatic nitrogens is 4. The van der Waals surface area contributed by atoms with Crippen molar-refractivity contribution in [1.29, 1.82) is 0 Å². The van der Waals surface area contributed by atoms with Crippen LogP contribution < -0.4 is 10.6 Å². The molecule has 4 aromatic rings. The quantitative estimate of drug-likeness (QED) is 0.132. The zero-order chi connectivity index (χ0) is 48.5. The van der Waals surface area contributed by atoms with Crippen molar-refractivity contribution in [3.8, 4) is 33.6 Å². The lowest BCUT2D eigenvalue weighted by atomic mass is 9.79. The van der Waals surface area contributed by atoms with Crippen LogP contribution in [0.3, 0.4) is 0 Å². The molecule has 364 valence electrons. The predicted octanol–water partition coefficient (Wildman–Crippen LogP) is 6.13. The number of fused-ring (bicyclic) bond motifs is 3. The van der Waals surface area contributed by atoms with Gasteiger partial charge in [0.05, 0.1) is 89.6 Å². The summed E-state index contributed by atoms with van der Waals surface area (Å²) in [5.41, 5.74) is -1.23. The number of methoxy groups -OCH3 is 2. The fourth-order valence-electron chi connectivity index (χ4n) is 9.85. The molecular formula is C46H52F4N8O10. The molecule has 4 fully saturated rings. The molecular weight excluding hydrogens is 901 g/mol. The number of benzene rings is 2. The number of alkyl halides is 4. The Labute approximate surface area is 387 Å². The van der Waals surface area contributed by atoms with E-state index >= 15 is 17.6 Å². The van der Waals surface area contributed by atoms with Crippen molar-refractivity contribution >= 4 is 24.0 Å². The molecule has 4 amide bonds. The van der Waals surface area contributed by atoms with E-state index in [-0.39, 0.29) is 83.1 Å². The maximum absolute atomic E-state index is 16.4. The summed E-state index contributed by atoms with van der Waals surface area (Å²) in [6.07, 6.45) is 1.51. The van der Waals surface area contributed by atoms with E-state index < -0.39 is 82.7 Å². The normalized spacial score (nSPS) is 22.6. The van der Waals surface area contributed by atoms with Crippen LogP contribution in [0.1, 0.15) is 75.4 Å². The van der Waals surface area contributed by atoms with Crippen LogP contribution in [0.25, 0.3) is 33.6 Å². The first-order valence-electron chi connectivity index (χ1n) is 22.3. The number of hydrogen-bond donors (Lipinski definition) is 4. The van der Waals surface area contributed by atoms with Gasteiger partial charge >= 0.3 is 24.0 Å². The Bertz CT molecular complexity index is 2430. The van der Waals surface area contributed by atoms with Crippen LogP contribution in [0, 0.1) is 11.8 Å². The van der Waals surface area contributed by atoms with Crippen LogP contribution in [0.4, 0.5) is 27.2 Å². The van der Waals surface area contributed by atoms with E-state index in [1.165, 1.54) is 60.7 Å². The smallest absolute Gasteiger partial charge is 0.407 e. The number of carbonyl (C=O) groups is 4. The summed E-state index contributed by atoms with van der Waals surface area (Å²) < 4.78 is 98.9. The zero-order valence-electron chi connectivity index (χ0n) is 38.1. The van der Waals surface area contributed by atoms with Crippen LogP contribution >= 0.6 is 0 Å². The third kappa shape index (κ3) is 8.03. The Balaban J connectivity index is 1.00. The number of halogens is 4. The van der Waals surface area contributed by atoms with Gasteiger partial charge in [0.25, 0.3) is 0 Å². The lowest BCUT2D eigenvalue weighted by Crippen LogP contribution is -2.52. The van der Waals surface area contributed by atoms with Crippen molar-refractivity contribution in [1.82, 2.24) is 40.4 Å². The minimum atomic E-state index is -4.67. The van der Waals surface area contributed by atoms with Gasteiger partial charge in [0.15, 0.2) is 11.6 Å². The second kappa shape index (κ2) is 17.5. The molecule has 68 heavy (non-hydrogen) atoms. The number of ether oxygens (including phenoxy) is 6. The van der Waals surface area contributed by atoms with Crippen molar-refractivity contribution in [2.24, 2.45) is 11.8 Å². The van der Waals surface area contributed by atoms with Gasteiger partial charge in [-0.2, -0.15) is 17.6 Å². The molecule has 0 saturated carbocycles. The third-order valence-corrected chi connectivity index (χ3v) is 13.4. The van der Waals surface area contributed by atoms with Crippen molar-refractivity contribution in [2.45, 2.75) is 88.1 Å². The number of hydrogen-bond acceptors (Lipinski definition) is 12. The van der Waals surface area contributed by atoms with Gasteiger partial charge in [0.2, 0.25) is 11.8 Å². The number of amides is 4. The molecule has 1 aliphatic carbocycles. The Morgan fingerprint density at radius 3 is 1.35 bits per heavy atom. The first-order valence-corrected chi connectivity index (χ1v) is 22.3. The molecule has 0 radical (unpaired) electrons. The van der Waals surface area contributed by atoms with Crippen LogP contribution in [-0.2, 0) is 49.9 Å². The van der Waals surface area contributed by atoms with Crippen molar-refractivity contribution < 1.29 is 65.2 Å². The van der Waals surface area contributed by atoms with Gasteiger partial charge in [-0.15, -0.1) is 0 Å². The van der Waals surface area contributed by atoms with E-state index in [4.69, 9.17) is 28.4 Å².